The zero-order valence-corrected chi connectivity index (χ0v) is 16.9. The summed E-state index contributed by atoms with van der Waals surface area (Å²) in [6.45, 7) is 1.48. The number of nitrogens with one attached hydrogen (secondary N) is 3. The van der Waals surface area contributed by atoms with Crippen molar-refractivity contribution < 1.29 is 8.42 Å². The maximum atomic E-state index is 11.4. The van der Waals surface area contributed by atoms with Crippen LogP contribution in [-0.2, 0) is 23.0 Å². The predicted molar refractivity (Wildman–Crippen MR) is 115 cm³/mol. The van der Waals surface area contributed by atoms with E-state index >= 15 is 0 Å². The molecule has 4 rings (SSSR count). The van der Waals surface area contributed by atoms with Crippen LogP contribution in [0.15, 0.2) is 66.1 Å². The molecule has 154 valence electrons. The fraction of sp³-hybridized carbons (Fsp3) is 0.150. The fourth-order valence-corrected chi connectivity index (χ4v) is 3.56. The Hall–Kier alpha value is -3.34. The number of para-hydroxylation sites is 1. The number of fused-ring (bicyclic) bond motifs is 1. The Morgan fingerprint density at radius 1 is 1.07 bits per heavy atom. The van der Waals surface area contributed by atoms with E-state index in [9.17, 15) is 8.42 Å². The molecule has 0 amide bonds. The second kappa shape index (κ2) is 8.57. The Morgan fingerprint density at radius 2 is 1.90 bits per heavy atom. The van der Waals surface area contributed by atoms with E-state index in [2.05, 4.69) is 30.6 Å². The molecule has 0 atom stereocenters. The Kier molecular flexibility index (Phi) is 5.70. The molecule has 0 aliphatic rings. The van der Waals surface area contributed by atoms with Crippen LogP contribution in [0.1, 0.15) is 11.3 Å². The molecule has 5 N–H and O–H groups in total. The van der Waals surface area contributed by atoms with Gasteiger partial charge in [0, 0.05) is 48.7 Å². The molecular weight excluding hydrogens is 402 g/mol. The number of hydrogen-bond donors (Lipinski definition) is 4. The minimum absolute atomic E-state index is 0.0518. The van der Waals surface area contributed by atoms with Crippen LogP contribution in [0.25, 0.3) is 10.9 Å². The first kappa shape index (κ1) is 20.0. The van der Waals surface area contributed by atoms with Crippen molar-refractivity contribution in [2.45, 2.75) is 17.9 Å². The number of nitrogens with two attached hydrogens (primary N) is 1. The van der Waals surface area contributed by atoms with Gasteiger partial charge in [-0.2, -0.15) is 0 Å². The number of H-pyrrole nitrogens is 1. The highest BCUT2D eigenvalue weighted by atomic mass is 32.2. The summed E-state index contributed by atoms with van der Waals surface area (Å²) in [5.41, 5.74) is 3.66. The average molecular weight is 424 g/mol. The van der Waals surface area contributed by atoms with Gasteiger partial charge < -0.3 is 15.6 Å². The Labute approximate surface area is 173 Å². The minimum atomic E-state index is -3.72. The number of aromatic nitrogens is 4. The Morgan fingerprint density at radius 3 is 2.63 bits per heavy atom. The average Bonchev–Trinajstić information content (AvgIpc) is 3.25. The fourth-order valence-electron chi connectivity index (χ4n) is 3.04. The van der Waals surface area contributed by atoms with Gasteiger partial charge in [-0.1, -0.05) is 18.2 Å². The van der Waals surface area contributed by atoms with Crippen LogP contribution < -0.4 is 15.8 Å². The molecular formula is C20H21N7O2S. The van der Waals surface area contributed by atoms with Crippen LogP contribution in [0, 0.1) is 0 Å². The maximum Gasteiger partial charge on any atom is 0.238 e. The molecule has 0 spiro atoms. The first-order valence-corrected chi connectivity index (χ1v) is 10.9. The highest BCUT2D eigenvalue weighted by Gasteiger charge is 2.09. The standard InChI is InChI=1S/C20H21N7O2S/c21-30(28,29)18-6-4-16(5-7-18)26-20-24-11-15-3-1-2-14(19(15)27-20)10-22-9-8-17-12-23-13-25-17/h1-7,11-13,22H,8-10H2,(H,23,25)(H2,21,28,29)(H,24,26,27). The third-order valence-corrected chi connectivity index (χ3v) is 5.50. The summed E-state index contributed by atoms with van der Waals surface area (Å²) in [5.74, 6) is 0.427. The molecule has 2 aromatic carbocycles. The summed E-state index contributed by atoms with van der Waals surface area (Å²) in [6.07, 6.45) is 6.12. The maximum absolute atomic E-state index is 11.4. The number of nitrogens with zero attached hydrogens (tertiary/aromatic N) is 3. The van der Waals surface area contributed by atoms with Crippen molar-refractivity contribution >= 4 is 32.6 Å². The van der Waals surface area contributed by atoms with Gasteiger partial charge in [0.2, 0.25) is 16.0 Å². The van der Waals surface area contributed by atoms with Gasteiger partial charge >= 0.3 is 0 Å². The summed E-state index contributed by atoms with van der Waals surface area (Å²) >= 11 is 0. The molecule has 30 heavy (non-hydrogen) atoms. The summed E-state index contributed by atoms with van der Waals surface area (Å²) in [5, 5.41) is 12.6. The number of anilines is 2. The normalized spacial score (nSPS) is 11.6. The number of primary sulfonamides is 1. The van der Waals surface area contributed by atoms with Crippen LogP contribution in [0.3, 0.4) is 0 Å². The van der Waals surface area contributed by atoms with Crippen molar-refractivity contribution in [3.63, 3.8) is 0 Å². The number of imidazole rings is 1. The quantitative estimate of drug-likeness (QED) is 0.318. The monoisotopic (exact) mass is 423 g/mol. The molecule has 0 saturated carbocycles. The lowest BCUT2D eigenvalue weighted by atomic mass is 10.1. The lowest BCUT2D eigenvalue weighted by Crippen LogP contribution is -2.17. The van der Waals surface area contributed by atoms with Gasteiger partial charge in [-0.25, -0.2) is 28.5 Å². The van der Waals surface area contributed by atoms with Crippen molar-refractivity contribution in [2.75, 3.05) is 11.9 Å². The van der Waals surface area contributed by atoms with E-state index < -0.39 is 10.0 Å². The van der Waals surface area contributed by atoms with E-state index in [-0.39, 0.29) is 4.90 Å². The molecule has 0 saturated heterocycles. The number of sulfonamides is 1. The molecule has 0 bridgehead atoms. The second-order valence-electron chi connectivity index (χ2n) is 6.75. The van der Waals surface area contributed by atoms with Crippen molar-refractivity contribution in [1.29, 1.82) is 0 Å². The van der Waals surface area contributed by atoms with Crippen LogP contribution >= 0.6 is 0 Å². The lowest BCUT2D eigenvalue weighted by molar-refractivity contribution is 0.598. The molecule has 0 unspecified atom stereocenters. The molecule has 2 aromatic heterocycles. The topological polar surface area (TPSA) is 139 Å². The smallest absolute Gasteiger partial charge is 0.238 e. The molecule has 4 aromatic rings. The number of aromatic amines is 1. The van der Waals surface area contributed by atoms with Crippen molar-refractivity contribution in [3.05, 3.63) is 72.4 Å². The van der Waals surface area contributed by atoms with Gasteiger partial charge in [-0.15, -0.1) is 0 Å². The van der Waals surface area contributed by atoms with Crippen LogP contribution in [-0.4, -0.2) is 34.9 Å². The molecule has 0 fully saturated rings. The molecule has 2 heterocycles. The summed E-state index contributed by atoms with van der Waals surface area (Å²) < 4.78 is 22.8. The zero-order valence-electron chi connectivity index (χ0n) is 16.0. The first-order chi connectivity index (χ1) is 14.5. The molecule has 0 aliphatic carbocycles. The molecule has 9 nitrogen and oxygen atoms in total. The summed E-state index contributed by atoms with van der Waals surface area (Å²) in [7, 11) is -3.72. The number of benzene rings is 2. The van der Waals surface area contributed by atoms with Gasteiger partial charge in [-0.05, 0) is 29.8 Å². The van der Waals surface area contributed by atoms with Crippen LogP contribution in [0.2, 0.25) is 0 Å². The number of rotatable bonds is 8. The predicted octanol–water partition coefficient (Wildman–Crippen LogP) is 2.08. The second-order valence-corrected chi connectivity index (χ2v) is 8.31. The van der Waals surface area contributed by atoms with Gasteiger partial charge in [-0.3, -0.25) is 0 Å². The third kappa shape index (κ3) is 4.79. The largest absolute Gasteiger partial charge is 0.348 e. The summed E-state index contributed by atoms with van der Waals surface area (Å²) in [6, 6.07) is 12.1. The third-order valence-electron chi connectivity index (χ3n) is 4.57. The van der Waals surface area contributed by atoms with Crippen LogP contribution in [0.5, 0.6) is 0 Å². The van der Waals surface area contributed by atoms with Crippen molar-refractivity contribution in [2.24, 2.45) is 5.14 Å². The van der Waals surface area contributed by atoms with E-state index in [1.807, 2.05) is 24.4 Å². The van der Waals surface area contributed by atoms with E-state index in [0.717, 1.165) is 35.1 Å². The lowest BCUT2D eigenvalue weighted by Gasteiger charge is -2.10. The van der Waals surface area contributed by atoms with Gasteiger partial charge in [0.15, 0.2) is 0 Å². The Balaban J connectivity index is 1.47. The van der Waals surface area contributed by atoms with Gasteiger partial charge in [0.25, 0.3) is 0 Å². The SMILES string of the molecule is NS(=O)(=O)c1ccc(Nc2ncc3cccc(CNCCc4cnc[nH]4)c3n2)cc1. The Bertz CT molecular complexity index is 1240. The van der Waals surface area contributed by atoms with E-state index in [4.69, 9.17) is 5.14 Å². The first-order valence-electron chi connectivity index (χ1n) is 9.31. The zero-order chi connectivity index (χ0) is 21.0. The highest BCUT2D eigenvalue weighted by molar-refractivity contribution is 7.89. The van der Waals surface area contributed by atoms with E-state index in [1.54, 1.807) is 24.7 Å². The molecule has 0 radical (unpaired) electrons. The van der Waals surface area contributed by atoms with Crippen molar-refractivity contribution in [3.8, 4) is 0 Å². The summed E-state index contributed by atoms with van der Waals surface area (Å²) in [4.78, 5) is 16.2. The molecule has 0 aliphatic heterocycles. The number of hydrogen-bond acceptors (Lipinski definition) is 7. The van der Waals surface area contributed by atoms with Gasteiger partial charge in [0.05, 0.1) is 16.7 Å². The van der Waals surface area contributed by atoms with Crippen LogP contribution in [0.4, 0.5) is 11.6 Å². The van der Waals surface area contributed by atoms with E-state index in [1.165, 1.54) is 12.1 Å². The van der Waals surface area contributed by atoms with Crippen molar-refractivity contribution in [1.82, 2.24) is 25.3 Å². The van der Waals surface area contributed by atoms with E-state index in [0.29, 0.717) is 18.2 Å². The molecule has 10 heteroatoms. The highest BCUT2D eigenvalue weighted by Crippen LogP contribution is 2.20. The van der Waals surface area contributed by atoms with Gasteiger partial charge in [0.1, 0.15) is 0 Å². The minimum Gasteiger partial charge on any atom is -0.348 e.